The lowest BCUT2D eigenvalue weighted by Crippen LogP contribution is -2.34. The largest absolute Gasteiger partial charge is 0.304 e. The Balaban J connectivity index is 2.19. The van der Waals surface area contributed by atoms with E-state index >= 15 is 0 Å². The van der Waals surface area contributed by atoms with Crippen molar-refractivity contribution >= 4 is 39.9 Å². The van der Waals surface area contributed by atoms with Crippen LogP contribution in [-0.2, 0) is 9.59 Å². The first-order valence-electron chi connectivity index (χ1n) is 6.61. The van der Waals surface area contributed by atoms with Crippen molar-refractivity contribution in [1.82, 2.24) is 0 Å². The van der Waals surface area contributed by atoms with E-state index in [2.05, 4.69) is 12.1 Å². The van der Waals surface area contributed by atoms with Gasteiger partial charge in [0.1, 0.15) is 5.78 Å². The third-order valence-corrected chi connectivity index (χ3v) is 4.52. The molecule has 2 aromatic carbocycles. The monoisotopic (exact) mass is 285 g/mol. The van der Waals surface area contributed by atoms with Crippen molar-refractivity contribution in [3.05, 3.63) is 36.4 Å². The van der Waals surface area contributed by atoms with Gasteiger partial charge in [0.15, 0.2) is 0 Å². The van der Waals surface area contributed by atoms with Gasteiger partial charge in [0, 0.05) is 17.1 Å². The second kappa shape index (κ2) is 5.29. The number of carbonyl (C=O) groups excluding carboxylic acids is 2. The summed E-state index contributed by atoms with van der Waals surface area (Å²) in [5.74, 6) is 0.792. The minimum absolute atomic E-state index is 0.00404. The van der Waals surface area contributed by atoms with Crippen molar-refractivity contribution in [3.8, 4) is 0 Å². The Morgan fingerprint density at radius 2 is 2.05 bits per heavy atom. The van der Waals surface area contributed by atoms with Crippen molar-refractivity contribution in [2.75, 3.05) is 17.2 Å². The molecule has 0 saturated carbocycles. The number of Topliss-reactive ketones (excluding diaryl/α,β-unsaturated/α-hetero) is 1. The SMILES string of the molecule is CC(=O)CN1C(=O)CCSc2c1ccc1ccccc21. The topological polar surface area (TPSA) is 37.4 Å². The standard InChI is InChI=1S/C16H15NO2S/c1-11(18)10-17-14-7-6-12-4-2-3-5-13(12)16(14)20-9-8-15(17)19/h2-7H,8-10H2,1H3. The molecule has 0 unspecified atom stereocenters. The number of rotatable bonds is 2. The van der Waals surface area contributed by atoms with Gasteiger partial charge in [0.2, 0.25) is 5.91 Å². The van der Waals surface area contributed by atoms with Gasteiger partial charge >= 0.3 is 0 Å². The van der Waals surface area contributed by atoms with Crippen LogP contribution in [0.4, 0.5) is 5.69 Å². The molecular weight excluding hydrogens is 270 g/mol. The maximum Gasteiger partial charge on any atom is 0.228 e. The average molecular weight is 285 g/mol. The first-order valence-corrected chi connectivity index (χ1v) is 7.60. The summed E-state index contributed by atoms with van der Waals surface area (Å²) < 4.78 is 0. The van der Waals surface area contributed by atoms with Gasteiger partial charge in [-0.25, -0.2) is 0 Å². The van der Waals surface area contributed by atoms with Crippen molar-refractivity contribution in [2.45, 2.75) is 18.2 Å². The molecule has 0 spiro atoms. The number of hydrogen-bond donors (Lipinski definition) is 0. The predicted octanol–water partition coefficient (Wildman–Crippen LogP) is 3.26. The molecule has 102 valence electrons. The number of thioether (sulfide) groups is 1. The van der Waals surface area contributed by atoms with E-state index in [0.717, 1.165) is 27.1 Å². The fourth-order valence-corrected chi connectivity index (χ4v) is 3.65. The van der Waals surface area contributed by atoms with Crippen LogP contribution in [-0.4, -0.2) is 24.0 Å². The van der Waals surface area contributed by atoms with E-state index in [-0.39, 0.29) is 18.2 Å². The van der Waals surface area contributed by atoms with E-state index in [4.69, 9.17) is 0 Å². The van der Waals surface area contributed by atoms with Crippen LogP contribution in [0, 0.1) is 0 Å². The van der Waals surface area contributed by atoms with E-state index in [1.54, 1.807) is 16.7 Å². The maximum atomic E-state index is 12.2. The molecule has 0 aliphatic carbocycles. The lowest BCUT2D eigenvalue weighted by atomic mass is 10.1. The molecule has 1 aliphatic rings. The van der Waals surface area contributed by atoms with Crippen LogP contribution in [0.1, 0.15) is 13.3 Å². The van der Waals surface area contributed by atoms with Gasteiger partial charge in [-0.15, -0.1) is 11.8 Å². The van der Waals surface area contributed by atoms with E-state index < -0.39 is 0 Å². The predicted molar refractivity (Wildman–Crippen MR) is 82.3 cm³/mol. The molecular formula is C16H15NO2S. The highest BCUT2D eigenvalue weighted by molar-refractivity contribution is 7.99. The molecule has 3 nitrogen and oxygen atoms in total. The van der Waals surface area contributed by atoms with Gasteiger partial charge in [-0.1, -0.05) is 30.3 Å². The summed E-state index contributed by atoms with van der Waals surface area (Å²) in [5, 5.41) is 2.31. The Kier molecular flexibility index (Phi) is 3.49. The molecule has 1 amide bonds. The summed E-state index contributed by atoms with van der Waals surface area (Å²) in [6.45, 7) is 1.68. The molecule has 0 fully saturated rings. The molecule has 1 aliphatic heterocycles. The van der Waals surface area contributed by atoms with E-state index in [1.807, 2.05) is 24.3 Å². The fraction of sp³-hybridized carbons (Fsp3) is 0.250. The summed E-state index contributed by atoms with van der Waals surface area (Å²) in [6, 6.07) is 12.1. The van der Waals surface area contributed by atoms with Crippen molar-refractivity contribution < 1.29 is 9.59 Å². The van der Waals surface area contributed by atoms with Crippen LogP contribution in [0.3, 0.4) is 0 Å². The van der Waals surface area contributed by atoms with Crippen LogP contribution in [0.5, 0.6) is 0 Å². The summed E-state index contributed by atoms with van der Waals surface area (Å²) in [6.07, 6.45) is 0.473. The summed E-state index contributed by atoms with van der Waals surface area (Å²) in [5.41, 5.74) is 0.867. The van der Waals surface area contributed by atoms with E-state index in [0.29, 0.717) is 6.42 Å². The van der Waals surface area contributed by atoms with Crippen LogP contribution < -0.4 is 4.90 Å². The third-order valence-electron chi connectivity index (χ3n) is 3.39. The minimum atomic E-state index is 0.00404. The Morgan fingerprint density at radius 1 is 1.25 bits per heavy atom. The zero-order valence-corrected chi connectivity index (χ0v) is 12.1. The second-order valence-electron chi connectivity index (χ2n) is 4.92. The minimum Gasteiger partial charge on any atom is -0.304 e. The van der Waals surface area contributed by atoms with Crippen LogP contribution >= 0.6 is 11.8 Å². The highest BCUT2D eigenvalue weighted by Gasteiger charge is 2.24. The molecule has 0 N–H and O–H groups in total. The number of anilines is 1. The number of hydrogen-bond acceptors (Lipinski definition) is 3. The Morgan fingerprint density at radius 3 is 2.85 bits per heavy atom. The molecule has 0 saturated heterocycles. The molecule has 0 atom stereocenters. The number of benzene rings is 2. The molecule has 2 aromatic rings. The van der Waals surface area contributed by atoms with Crippen LogP contribution in [0.25, 0.3) is 10.8 Å². The first kappa shape index (κ1) is 13.2. The van der Waals surface area contributed by atoms with E-state index in [9.17, 15) is 9.59 Å². The maximum absolute atomic E-state index is 12.2. The Bertz CT molecular complexity index is 696. The summed E-state index contributed by atoms with van der Waals surface area (Å²) in [7, 11) is 0. The number of fused-ring (bicyclic) bond motifs is 3. The highest BCUT2D eigenvalue weighted by atomic mass is 32.2. The lowest BCUT2D eigenvalue weighted by Gasteiger charge is -2.22. The molecule has 20 heavy (non-hydrogen) atoms. The summed E-state index contributed by atoms with van der Waals surface area (Å²) in [4.78, 5) is 26.4. The van der Waals surface area contributed by atoms with Gasteiger partial charge in [-0.2, -0.15) is 0 Å². The second-order valence-corrected chi connectivity index (χ2v) is 6.02. The lowest BCUT2D eigenvalue weighted by molar-refractivity contribution is -0.121. The van der Waals surface area contributed by atoms with Crippen molar-refractivity contribution in [2.24, 2.45) is 0 Å². The van der Waals surface area contributed by atoms with E-state index in [1.165, 1.54) is 6.92 Å². The van der Waals surface area contributed by atoms with Crippen LogP contribution in [0.15, 0.2) is 41.3 Å². The number of amides is 1. The number of nitrogens with zero attached hydrogens (tertiary/aromatic N) is 1. The average Bonchev–Trinajstić information content (AvgIpc) is 2.59. The highest BCUT2D eigenvalue weighted by Crippen LogP contribution is 2.39. The molecule has 3 rings (SSSR count). The van der Waals surface area contributed by atoms with Gasteiger partial charge in [0.25, 0.3) is 0 Å². The normalized spacial score (nSPS) is 15.1. The zero-order valence-electron chi connectivity index (χ0n) is 11.3. The first-order chi connectivity index (χ1) is 9.66. The smallest absolute Gasteiger partial charge is 0.228 e. The molecule has 4 heteroatoms. The number of carbonyl (C=O) groups is 2. The van der Waals surface area contributed by atoms with Crippen molar-refractivity contribution in [3.63, 3.8) is 0 Å². The van der Waals surface area contributed by atoms with Gasteiger partial charge in [0.05, 0.1) is 12.2 Å². The van der Waals surface area contributed by atoms with Crippen molar-refractivity contribution in [1.29, 1.82) is 0 Å². The van der Waals surface area contributed by atoms with Gasteiger partial charge < -0.3 is 4.90 Å². The molecule has 0 bridgehead atoms. The molecule has 0 radical (unpaired) electrons. The Labute approximate surface area is 122 Å². The van der Waals surface area contributed by atoms with Gasteiger partial charge in [-0.3, -0.25) is 9.59 Å². The fourth-order valence-electron chi connectivity index (χ4n) is 2.50. The molecule has 0 aromatic heterocycles. The number of ketones is 1. The zero-order chi connectivity index (χ0) is 14.1. The third kappa shape index (κ3) is 2.31. The Hall–Kier alpha value is -1.81. The quantitative estimate of drug-likeness (QED) is 0.850. The summed E-state index contributed by atoms with van der Waals surface area (Å²) >= 11 is 1.70. The molecule has 1 heterocycles. The van der Waals surface area contributed by atoms with Crippen LogP contribution in [0.2, 0.25) is 0 Å². The van der Waals surface area contributed by atoms with Gasteiger partial charge in [-0.05, 0) is 23.8 Å².